The lowest BCUT2D eigenvalue weighted by molar-refractivity contribution is 0.0696. The third-order valence-electron chi connectivity index (χ3n) is 6.31. The second kappa shape index (κ2) is 13.1. The summed E-state index contributed by atoms with van der Waals surface area (Å²) in [6, 6.07) is 8.26. The molecule has 0 fully saturated rings. The molecule has 0 amide bonds. The van der Waals surface area contributed by atoms with E-state index in [4.69, 9.17) is 10.5 Å². The van der Waals surface area contributed by atoms with E-state index < -0.39 is 65.7 Å². The zero-order valence-electron chi connectivity index (χ0n) is 23.8. The molecule has 0 aromatic heterocycles. The molecule has 0 atom stereocenters. The van der Waals surface area contributed by atoms with Crippen molar-refractivity contribution in [3.63, 3.8) is 0 Å². The summed E-state index contributed by atoms with van der Waals surface area (Å²) >= 11 is 0. The molecule has 0 spiro atoms. The molecule has 0 aliphatic carbocycles. The van der Waals surface area contributed by atoms with E-state index in [1.165, 1.54) is 19.1 Å². The van der Waals surface area contributed by atoms with Gasteiger partial charge < -0.3 is 30.9 Å². The Morgan fingerprint density at radius 3 is 1.91 bits per heavy atom. The average Bonchev–Trinajstić information content (AvgIpc) is 2.98. The summed E-state index contributed by atoms with van der Waals surface area (Å²) in [5, 5.41) is 54.0. The van der Waals surface area contributed by atoms with Gasteiger partial charge >= 0.3 is 11.9 Å². The normalized spacial score (nSPS) is 12.3. The highest BCUT2D eigenvalue weighted by Crippen LogP contribution is 2.44. The van der Waals surface area contributed by atoms with Crippen molar-refractivity contribution in [2.75, 3.05) is 18.9 Å². The summed E-state index contributed by atoms with van der Waals surface area (Å²) in [5.41, 5.74) is 4.00. The molecule has 47 heavy (non-hydrogen) atoms. The number of aliphatic hydroxyl groups excluding tert-OH is 1. The first-order valence-electron chi connectivity index (χ1n) is 12.8. The van der Waals surface area contributed by atoms with Crippen LogP contribution in [0.2, 0.25) is 0 Å². The molecule has 246 valence electrons. The molecular formula is C27H23N5O13S2. The number of phenols is 1. The lowest BCUT2D eigenvalue weighted by atomic mass is 10.1. The first-order chi connectivity index (χ1) is 21.9. The molecule has 20 heteroatoms. The number of phenolic OH excluding ortho intramolecular Hbond substituents is 1. The van der Waals surface area contributed by atoms with Gasteiger partial charge in [0.15, 0.2) is 5.75 Å². The number of nitrogen functional groups attached to an aromatic ring is 1. The van der Waals surface area contributed by atoms with Crippen molar-refractivity contribution in [2.45, 2.75) is 16.7 Å². The highest BCUT2D eigenvalue weighted by Gasteiger charge is 2.25. The van der Waals surface area contributed by atoms with Gasteiger partial charge in [-0.2, -0.15) is 27.1 Å². The first-order valence-corrected chi connectivity index (χ1v) is 15.7. The predicted molar refractivity (Wildman–Crippen MR) is 162 cm³/mol. The van der Waals surface area contributed by atoms with Crippen molar-refractivity contribution in [1.29, 1.82) is 0 Å². The minimum atomic E-state index is -5.12. The number of hydrogen-bond acceptors (Lipinski definition) is 14. The van der Waals surface area contributed by atoms with E-state index in [1.54, 1.807) is 0 Å². The number of benzene rings is 4. The number of hydrogen-bond donors (Lipinski definition) is 7. The van der Waals surface area contributed by atoms with Gasteiger partial charge in [-0.25, -0.2) is 9.59 Å². The fraction of sp³-hybridized carbons (Fsp3) is 0.111. The van der Waals surface area contributed by atoms with Gasteiger partial charge in [-0.05, 0) is 60.3 Å². The number of aromatic carboxylic acids is 2. The van der Waals surface area contributed by atoms with Crippen LogP contribution in [0.1, 0.15) is 26.3 Å². The summed E-state index contributed by atoms with van der Waals surface area (Å²) in [7, 11) is -9.97. The third kappa shape index (κ3) is 7.65. The fourth-order valence-corrected chi connectivity index (χ4v) is 5.45. The molecule has 18 nitrogen and oxygen atoms in total. The van der Waals surface area contributed by atoms with Crippen LogP contribution in [0.5, 0.6) is 11.5 Å². The fourth-order valence-electron chi connectivity index (χ4n) is 4.16. The van der Waals surface area contributed by atoms with Crippen LogP contribution in [0.3, 0.4) is 0 Å². The van der Waals surface area contributed by atoms with Crippen LogP contribution in [-0.2, 0) is 20.2 Å². The summed E-state index contributed by atoms with van der Waals surface area (Å²) < 4.78 is 72.6. The van der Waals surface area contributed by atoms with E-state index >= 15 is 0 Å². The third-order valence-corrected chi connectivity index (χ3v) is 8.08. The standard InChI is InChI=1S/C27H23N5O13S2/c1-12-4-20(21(45-3-2-33)11-19(12)30-29-16-6-14(26(35)36)5-15(7-16)27(37)38)31-32-24-23(47(42,43)44)9-13-8-22(46(39,40)41)18(28)10-17(13)25(24)34/h4-11,33-34H,2-3,28H2,1H3,(H,35,36)(H,37,38)(H,39,40,41)(H,42,43,44). The highest BCUT2D eigenvalue weighted by molar-refractivity contribution is 7.86. The molecule has 0 unspecified atom stereocenters. The maximum Gasteiger partial charge on any atom is 0.335 e. The minimum Gasteiger partial charge on any atom is -0.505 e. The summed E-state index contributed by atoms with van der Waals surface area (Å²) in [6.45, 7) is 0.816. The van der Waals surface area contributed by atoms with Crippen LogP contribution in [0, 0.1) is 6.92 Å². The molecular weight excluding hydrogens is 666 g/mol. The molecule has 8 N–H and O–H groups in total. The van der Waals surface area contributed by atoms with E-state index in [0.29, 0.717) is 5.56 Å². The van der Waals surface area contributed by atoms with Crippen LogP contribution in [0.25, 0.3) is 10.8 Å². The monoisotopic (exact) mass is 689 g/mol. The Hall–Kier alpha value is -5.54. The van der Waals surface area contributed by atoms with Gasteiger partial charge in [-0.3, -0.25) is 9.11 Å². The number of rotatable bonds is 11. The summed E-state index contributed by atoms with van der Waals surface area (Å²) in [5.74, 6) is -3.76. The maximum absolute atomic E-state index is 12.2. The number of nitrogens with two attached hydrogens (primary N) is 1. The number of aliphatic hydroxyl groups is 1. The van der Waals surface area contributed by atoms with Crippen molar-refractivity contribution in [3.05, 3.63) is 65.2 Å². The number of carboxylic acid groups (broad SMARTS) is 2. The number of aryl methyl sites for hydroxylation is 1. The van der Waals surface area contributed by atoms with Crippen LogP contribution in [0.4, 0.5) is 28.4 Å². The second-order valence-electron chi connectivity index (χ2n) is 9.59. The van der Waals surface area contributed by atoms with Crippen LogP contribution in [0.15, 0.2) is 78.8 Å². The topological polar surface area (TPSA) is 308 Å². The molecule has 4 aromatic rings. The van der Waals surface area contributed by atoms with Crippen LogP contribution < -0.4 is 10.5 Å². The smallest absolute Gasteiger partial charge is 0.335 e. The number of ether oxygens (including phenoxy) is 1. The van der Waals surface area contributed by atoms with E-state index in [2.05, 4.69) is 20.5 Å². The molecule has 0 saturated heterocycles. The van der Waals surface area contributed by atoms with E-state index in [1.807, 2.05) is 0 Å². The Balaban J connectivity index is 1.84. The summed E-state index contributed by atoms with van der Waals surface area (Å²) in [6.07, 6.45) is 0. The molecule has 0 radical (unpaired) electrons. The van der Waals surface area contributed by atoms with Gasteiger partial charge in [0.2, 0.25) is 0 Å². The Bertz CT molecular complexity index is 2200. The van der Waals surface area contributed by atoms with E-state index in [0.717, 1.165) is 36.4 Å². The molecule has 0 bridgehead atoms. The van der Waals surface area contributed by atoms with Gasteiger partial charge in [-0.1, -0.05) is 0 Å². The number of carbonyl (C=O) groups is 2. The van der Waals surface area contributed by atoms with Crippen molar-refractivity contribution in [3.8, 4) is 11.5 Å². The zero-order valence-corrected chi connectivity index (χ0v) is 25.4. The van der Waals surface area contributed by atoms with Gasteiger partial charge in [-0.15, -0.1) is 10.2 Å². The van der Waals surface area contributed by atoms with E-state index in [-0.39, 0.29) is 51.3 Å². The van der Waals surface area contributed by atoms with Crippen molar-refractivity contribution in [2.24, 2.45) is 20.5 Å². The van der Waals surface area contributed by atoms with Gasteiger partial charge in [0, 0.05) is 11.5 Å². The summed E-state index contributed by atoms with van der Waals surface area (Å²) in [4.78, 5) is 21.0. The lowest BCUT2D eigenvalue weighted by Crippen LogP contribution is -2.04. The number of anilines is 1. The largest absolute Gasteiger partial charge is 0.505 e. The van der Waals surface area contributed by atoms with Crippen LogP contribution >= 0.6 is 0 Å². The maximum atomic E-state index is 12.2. The van der Waals surface area contributed by atoms with Gasteiger partial charge in [0.25, 0.3) is 20.2 Å². The quantitative estimate of drug-likeness (QED) is 0.0646. The van der Waals surface area contributed by atoms with E-state index in [9.17, 15) is 56.0 Å². The zero-order chi connectivity index (χ0) is 34.8. The van der Waals surface area contributed by atoms with Crippen LogP contribution in [-0.4, -0.2) is 71.5 Å². The first kappa shape index (κ1) is 34.3. The SMILES string of the molecule is Cc1cc(N=Nc2c(S(=O)(=O)O)cc3cc(S(=O)(=O)O)c(N)cc3c2O)c(OCCO)cc1N=Nc1cc(C(=O)O)cc(C(=O)O)c1. The second-order valence-corrected chi connectivity index (χ2v) is 12.4. The molecule has 0 aliphatic rings. The van der Waals surface area contributed by atoms with Crippen molar-refractivity contribution >= 4 is 71.4 Å². The molecule has 0 aliphatic heterocycles. The van der Waals surface area contributed by atoms with Crippen molar-refractivity contribution in [1.82, 2.24) is 0 Å². The number of fused-ring (bicyclic) bond motifs is 1. The lowest BCUT2D eigenvalue weighted by Gasteiger charge is -2.12. The molecule has 4 aromatic carbocycles. The number of aromatic hydroxyl groups is 1. The molecule has 0 heterocycles. The number of azo groups is 2. The molecule has 4 rings (SSSR count). The van der Waals surface area contributed by atoms with Gasteiger partial charge in [0.1, 0.15) is 33.5 Å². The minimum absolute atomic E-state index is 0.0939. The Morgan fingerprint density at radius 1 is 0.787 bits per heavy atom. The van der Waals surface area contributed by atoms with Crippen molar-refractivity contribution < 1.29 is 60.7 Å². The Morgan fingerprint density at radius 2 is 1.36 bits per heavy atom. The van der Waals surface area contributed by atoms with Gasteiger partial charge in [0.05, 0.1) is 34.8 Å². The Kier molecular flexibility index (Phi) is 9.54. The molecule has 0 saturated carbocycles. The number of nitrogens with zero attached hydrogens (tertiary/aromatic N) is 4. The predicted octanol–water partition coefficient (Wildman–Crippen LogP) is 4.53. The Labute approximate surface area is 264 Å². The highest BCUT2D eigenvalue weighted by atomic mass is 32.2. The number of carboxylic acids is 2. The average molecular weight is 690 g/mol.